The predicted octanol–water partition coefficient (Wildman–Crippen LogP) is 8.39. The standard InChI is InChI=1S/C24H18ClF5/c1-2-3-15-4-8-17(9-5-15)19-12-13-20(23(27)22(19)26)18-10-6-16(7-11-18)14-21(25)24(28,29)30/h4-14H,2-3H2,1H3/b21-14-. The molecule has 3 aromatic carbocycles. The summed E-state index contributed by atoms with van der Waals surface area (Å²) in [5, 5.41) is -1.26. The molecule has 0 aliphatic carbocycles. The van der Waals surface area contributed by atoms with E-state index in [9.17, 15) is 22.0 Å². The molecule has 0 nitrogen and oxygen atoms in total. The fraction of sp³-hybridized carbons (Fsp3) is 0.167. The van der Waals surface area contributed by atoms with Gasteiger partial charge in [-0.3, -0.25) is 0 Å². The smallest absolute Gasteiger partial charge is 0.203 e. The first-order chi connectivity index (χ1) is 14.2. The minimum Gasteiger partial charge on any atom is -0.203 e. The molecule has 6 heteroatoms. The zero-order valence-corrected chi connectivity index (χ0v) is 16.8. The third-order valence-electron chi connectivity index (χ3n) is 4.67. The lowest BCUT2D eigenvalue weighted by molar-refractivity contribution is -0.0836. The van der Waals surface area contributed by atoms with Gasteiger partial charge in [0.1, 0.15) is 5.03 Å². The second-order valence-corrected chi connectivity index (χ2v) is 7.25. The van der Waals surface area contributed by atoms with Gasteiger partial charge in [0, 0.05) is 11.1 Å². The van der Waals surface area contributed by atoms with Gasteiger partial charge >= 0.3 is 6.18 Å². The van der Waals surface area contributed by atoms with Crippen molar-refractivity contribution in [1.29, 1.82) is 0 Å². The van der Waals surface area contributed by atoms with Gasteiger partial charge in [-0.15, -0.1) is 0 Å². The van der Waals surface area contributed by atoms with Crippen LogP contribution in [-0.2, 0) is 6.42 Å². The van der Waals surface area contributed by atoms with E-state index in [0.29, 0.717) is 11.1 Å². The van der Waals surface area contributed by atoms with Gasteiger partial charge in [-0.05, 0) is 34.8 Å². The van der Waals surface area contributed by atoms with Crippen molar-refractivity contribution in [1.82, 2.24) is 0 Å². The van der Waals surface area contributed by atoms with E-state index >= 15 is 0 Å². The molecule has 0 heterocycles. The van der Waals surface area contributed by atoms with Crippen LogP contribution in [0.1, 0.15) is 24.5 Å². The third kappa shape index (κ3) is 4.90. The average molecular weight is 437 g/mol. The molecule has 0 spiro atoms. The van der Waals surface area contributed by atoms with E-state index in [1.165, 1.54) is 36.4 Å². The predicted molar refractivity (Wildman–Crippen MR) is 111 cm³/mol. The molecular weight excluding hydrogens is 419 g/mol. The van der Waals surface area contributed by atoms with Crippen LogP contribution < -0.4 is 0 Å². The number of aryl methyl sites for hydroxylation is 1. The van der Waals surface area contributed by atoms with Crippen molar-refractivity contribution in [2.45, 2.75) is 25.9 Å². The third-order valence-corrected chi connectivity index (χ3v) is 5.00. The van der Waals surface area contributed by atoms with Gasteiger partial charge in [0.05, 0.1) is 0 Å². The van der Waals surface area contributed by atoms with Gasteiger partial charge in [-0.25, -0.2) is 8.78 Å². The summed E-state index contributed by atoms with van der Waals surface area (Å²) >= 11 is 5.22. The Morgan fingerprint density at radius 1 is 0.800 bits per heavy atom. The molecule has 0 bridgehead atoms. The molecule has 3 rings (SSSR count). The highest BCUT2D eigenvalue weighted by Gasteiger charge is 2.32. The largest absolute Gasteiger partial charge is 0.426 e. The fourth-order valence-corrected chi connectivity index (χ4v) is 3.25. The van der Waals surface area contributed by atoms with E-state index in [1.54, 1.807) is 12.1 Å². The van der Waals surface area contributed by atoms with Gasteiger partial charge in [-0.2, -0.15) is 13.2 Å². The van der Waals surface area contributed by atoms with Crippen LogP contribution in [0.15, 0.2) is 65.7 Å². The van der Waals surface area contributed by atoms with Gasteiger partial charge in [0.25, 0.3) is 0 Å². The molecule has 0 atom stereocenters. The quantitative estimate of drug-likeness (QED) is 0.352. The highest BCUT2D eigenvalue weighted by molar-refractivity contribution is 6.32. The Balaban J connectivity index is 1.90. The highest BCUT2D eigenvalue weighted by Crippen LogP contribution is 2.33. The molecule has 0 fully saturated rings. The Morgan fingerprint density at radius 2 is 1.27 bits per heavy atom. The summed E-state index contributed by atoms with van der Waals surface area (Å²) in [6.07, 6.45) is -1.96. The highest BCUT2D eigenvalue weighted by atomic mass is 35.5. The maximum Gasteiger partial charge on any atom is 0.426 e. The summed E-state index contributed by atoms with van der Waals surface area (Å²) in [6, 6.07) is 15.8. The minimum absolute atomic E-state index is 0.0244. The average Bonchev–Trinajstić information content (AvgIpc) is 2.71. The summed E-state index contributed by atoms with van der Waals surface area (Å²) in [4.78, 5) is 0. The van der Waals surface area contributed by atoms with Crippen molar-refractivity contribution in [3.05, 3.63) is 88.5 Å². The van der Waals surface area contributed by atoms with Gasteiger partial charge in [-0.1, -0.05) is 85.6 Å². The number of rotatable bonds is 5. The van der Waals surface area contributed by atoms with E-state index in [-0.39, 0.29) is 16.7 Å². The molecule has 0 saturated carbocycles. The Kier molecular flexibility index (Phi) is 6.61. The second-order valence-electron chi connectivity index (χ2n) is 6.85. The van der Waals surface area contributed by atoms with Gasteiger partial charge in [0.2, 0.25) is 0 Å². The molecule has 0 saturated heterocycles. The molecule has 0 N–H and O–H groups in total. The monoisotopic (exact) mass is 436 g/mol. The molecular formula is C24H18ClF5. The summed E-state index contributed by atoms with van der Waals surface area (Å²) < 4.78 is 67.1. The zero-order chi connectivity index (χ0) is 21.9. The normalized spacial score (nSPS) is 12.3. The van der Waals surface area contributed by atoms with Crippen molar-refractivity contribution in [3.8, 4) is 22.3 Å². The number of hydrogen-bond donors (Lipinski definition) is 0. The lowest BCUT2D eigenvalue weighted by Crippen LogP contribution is -2.06. The molecule has 0 aliphatic heterocycles. The number of alkyl halides is 3. The second kappa shape index (κ2) is 9.00. The minimum atomic E-state index is -4.64. The maximum absolute atomic E-state index is 14.7. The molecule has 0 aromatic heterocycles. The van der Waals surface area contributed by atoms with Crippen molar-refractivity contribution in [3.63, 3.8) is 0 Å². The van der Waals surface area contributed by atoms with Crippen LogP contribution in [-0.4, -0.2) is 6.18 Å². The Bertz CT molecular complexity index is 1050. The topological polar surface area (TPSA) is 0 Å². The van der Waals surface area contributed by atoms with E-state index < -0.39 is 22.8 Å². The van der Waals surface area contributed by atoms with Crippen molar-refractivity contribution in [2.75, 3.05) is 0 Å². The van der Waals surface area contributed by atoms with Crippen molar-refractivity contribution < 1.29 is 22.0 Å². The van der Waals surface area contributed by atoms with Crippen LogP contribution in [0, 0.1) is 11.6 Å². The van der Waals surface area contributed by atoms with Crippen LogP contribution in [0.2, 0.25) is 0 Å². The molecule has 3 aromatic rings. The molecule has 30 heavy (non-hydrogen) atoms. The summed E-state index contributed by atoms with van der Waals surface area (Å²) in [7, 11) is 0. The lowest BCUT2D eigenvalue weighted by atomic mass is 9.97. The molecule has 0 aliphatic rings. The van der Waals surface area contributed by atoms with Gasteiger partial charge in [0.15, 0.2) is 11.6 Å². The molecule has 0 amide bonds. The van der Waals surface area contributed by atoms with E-state index in [2.05, 4.69) is 6.92 Å². The number of hydrogen-bond acceptors (Lipinski definition) is 0. The fourth-order valence-electron chi connectivity index (χ4n) is 3.12. The van der Waals surface area contributed by atoms with Crippen LogP contribution >= 0.6 is 11.6 Å². The summed E-state index contributed by atoms with van der Waals surface area (Å²) in [6.45, 7) is 2.06. The number of benzene rings is 3. The van der Waals surface area contributed by atoms with Crippen LogP contribution in [0.3, 0.4) is 0 Å². The first kappa shape index (κ1) is 22.0. The molecule has 156 valence electrons. The maximum atomic E-state index is 14.7. The van der Waals surface area contributed by atoms with E-state index in [1.807, 2.05) is 12.1 Å². The Labute approximate surface area is 176 Å². The molecule has 0 radical (unpaired) electrons. The van der Waals surface area contributed by atoms with Crippen molar-refractivity contribution >= 4 is 17.7 Å². The number of allylic oxidation sites excluding steroid dienone is 1. The van der Waals surface area contributed by atoms with Crippen LogP contribution in [0.4, 0.5) is 22.0 Å². The summed E-state index contributed by atoms with van der Waals surface area (Å²) in [5.74, 6) is -1.98. The van der Waals surface area contributed by atoms with Crippen LogP contribution in [0.5, 0.6) is 0 Å². The SMILES string of the molecule is CCCc1ccc(-c2ccc(-c3ccc(/C=C(\Cl)C(F)(F)F)cc3)c(F)c2F)cc1. The van der Waals surface area contributed by atoms with E-state index in [0.717, 1.165) is 24.5 Å². The van der Waals surface area contributed by atoms with E-state index in [4.69, 9.17) is 11.6 Å². The van der Waals surface area contributed by atoms with Crippen LogP contribution in [0.25, 0.3) is 28.3 Å². The Morgan fingerprint density at radius 3 is 1.70 bits per heavy atom. The first-order valence-electron chi connectivity index (χ1n) is 9.33. The molecule has 0 unspecified atom stereocenters. The zero-order valence-electron chi connectivity index (χ0n) is 16.0. The lowest BCUT2D eigenvalue weighted by Gasteiger charge is -2.10. The number of halogens is 6. The van der Waals surface area contributed by atoms with Crippen molar-refractivity contribution in [2.24, 2.45) is 0 Å². The van der Waals surface area contributed by atoms with Gasteiger partial charge < -0.3 is 0 Å². The summed E-state index contributed by atoms with van der Waals surface area (Å²) in [5.41, 5.74) is 2.41. The first-order valence-corrected chi connectivity index (χ1v) is 9.70. The Hall–Kier alpha value is -2.66.